The van der Waals surface area contributed by atoms with Crippen LogP contribution in [0.4, 0.5) is 0 Å². The highest BCUT2D eigenvalue weighted by Crippen LogP contribution is 2.10. The Morgan fingerprint density at radius 1 is 1.70 bits per heavy atom. The van der Waals surface area contributed by atoms with E-state index in [1.165, 1.54) is 10.6 Å². The standard InChI is InChI=1S/C7H11NS2/c1-6-7(3-4-9)10-5-8(6)2/h5H,3-4H2,1-2H3/p+1. The van der Waals surface area contributed by atoms with E-state index in [9.17, 15) is 0 Å². The average molecular weight is 174 g/mol. The molecule has 1 rings (SSSR count). The first kappa shape index (κ1) is 8.08. The maximum atomic E-state index is 4.19. The van der Waals surface area contributed by atoms with Crippen LogP contribution < -0.4 is 4.57 Å². The Labute approximate surface area is 71.1 Å². The summed E-state index contributed by atoms with van der Waals surface area (Å²) in [6.07, 6.45) is 1.10. The lowest BCUT2D eigenvalue weighted by Crippen LogP contribution is -2.28. The molecule has 0 saturated heterocycles. The summed E-state index contributed by atoms with van der Waals surface area (Å²) in [5.41, 5.74) is 3.51. The highest BCUT2D eigenvalue weighted by atomic mass is 32.1. The summed E-state index contributed by atoms with van der Waals surface area (Å²) >= 11 is 6.00. The van der Waals surface area contributed by atoms with Crippen molar-refractivity contribution in [3.05, 3.63) is 16.1 Å². The Balaban J connectivity index is 2.83. The van der Waals surface area contributed by atoms with Gasteiger partial charge < -0.3 is 0 Å². The van der Waals surface area contributed by atoms with Gasteiger partial charge in [-0.25, -0.2) is 0 Å². The van der Waals surface area contributed by atoms with Gasteiger partial charge in [0, 0.05) is 6.92 Å². The monoisotopic (exact) mass is 174 g/mol. The van der Waals surface area contributed by atoms with Crippen molar-refractivity contribution in [3.63, 3.8) is 0 Å². The Bertz CT molecular complexity index is 217. The van der Waals surface area contributed by atoms with Gasteiger partial charge in [-0.2, -0.15) is 17.2 Å². The molecular formula is C7H12NS2+. The van der Waals surface area contributed by atoms with E-state index in [0.717, 1.165) is 12.2 Å². The van der Waals surface area contributed by atoms with Crippen LogP contribution >= 0.6 is 24.0 Å². The molecule has 10 heavy (non-hydrogen) atoms. The van der Waals surface area contributed by atoms with Gasteiger partial charge in [-0.1, -0.05) is 11.3 Å². The van der Waals surface area contributed by atoms with Gasteiger partial charge in [0.2, 0.25) is 5.51 Å². The molecule has 0 bridgehead atoms. The summed E-state index contributed by atoms with van der Waals surface area (Å²) in [5, 5.41) is 0. The Morgan fingerprint density at radius 3 is 2.80 bits per heavy atom. The normalized spacial score (nSPS) is 10.3. The predicted molar refractivity (Wildman–Crippen MR) is 47.8 cm³/mol. The number of hydrogen-bond donors (Lipinski definition) is 1. The molecule has 3 heteroatoms. The van der Waals surface area contributed by atoms with Crippen molar-refractivity contribution in [2.45, 2.75) is 13.3 Å². The lowest BCUT2D eigenvalue weighted by Gasteiger charge is -1.88. The van der Waals surface area contributed by atoms with Crippen molar-refractivity contribution >= 4 is 24.0 Å². The molecular weight excluding hydrogens is 162 g/mol. The number of aryl methyl sites for hydroxylation is 2. The van der Waals surface area contributed by atoms with E-state index in [2.05, 4.69) is 36.7 Å². The molecule has 0 aliphatic carbocycles. The van der Waals surface area contributed by atoms with Gasteiger partial charge in [0.25, 0.3) is 0 Å². The molecule has 1 heterocycles. The molecule has 0 aliphatic rings. The summed E-state index contributed by atoms with van der Waals surface area (Å²) in [6.45, 7) is 2.15. The molecule has 0 aliphatic heterocycles. The van der Waals surface area contributed by atoms with E-state index >= 15 is 0 Å². The number of hydrogen-bond acceptors (Lipinski definition) is 2. The van der Waals surface area contributed by atoms with Crippen molar-refractivity contribution < 1.29 is 4.57 Å². The zero-order chi connectivity index (χ0) is 7.56. The maximum absolute atomic E-state index is 4.19. The van der Waals surface area contributed by atoms with Crippen LogP contribution in [-0.4, -0.2) is 5.75 Å². The molecule has 1 aromatic heterocycles. The van der Waals surface area contributed by atoms with Gasteiger partial charge in [-0.05, 0) is 12.2 Å². The van der Waals surface area contributed by atoms with Crippen LogP contribution in [-0.2, 0) is 13.5 Å². The number of rotatable bonds is 2. The molecule has 0 radical (unpaired) electrons. The Morgan fingerprint density at radius 2 is 2.40 bits per heavy atom. The van der Waals surface area contributed by atoms with Crippen molar-refractivity contribution in [1.29, 1.82) is 0 Å². The van der Waals surface area contributed by atoms with E-state index in [-0.39, 0.29) is 0 Å². The second-order valence-electron chi connectivity index (χ2n) is 2.32. The minimum Gasteiger partial charge on any atom is -0.195 e. The van der Waals surface area contributed by atoms with Crippen LogP contribution in [0.2, 0.25) is 0 Å². The van der Waals surface area contributed by atoms with Crippen LogP contribution in [0, 0.1) is 6.92 Å². The first-order valence-electron chi connectivity index (χ1n) is 3.29. The largest absolute Gasteiger partial charge is 0.224 e. The van der Waals surface area contributed by atoms with Crippen LogP contribution in [0.3, 0.4) is 0 Å². The lowest BCUT2D eigenvalue weighted by molar-refractivity contribution is -0.672. The van der Waals surface area contributed by atoms with Gasteiger partial charge in [-0.3, -0.25) is 0 Å². The third-order valence-corrected chi connectivity index (χ3v) is 3.05. The predicted octanol–water partition coefficient (Wildman–Crippen LogP) is 1.35. The first-order valence-corrected chi connectivity index (χ1v) is 4.80. The van der Waals surface area contributed by atoms with E-state index < -0.39 is 0 Å². The second kappa shape index (κ2) is 3.39. The zero-order valence-electron chi connectivity index (χ0n) is 6.29. The van der Waals surface area contributed by atoms with Crippen LogP contribution in [0.25, 0.3) is 0 Å². The summed E-state index contributed by atoms with van der Waals surface area (Å²) in [5.74, 6) is 0.946. The molecule has 0 unspecified atom stereocenters. The van der Waals surface area contributed by atoms with E-state index in [1.54, 1.807) is 0 Å². The fraction of sp³-hybridized carbons (Fsp3) is 0.571. The average Bonchev–Trinajstić information content (AvgIpc) is 2.20. The number of aromatic nitrogens is 1. The summed E-state index contributed by atoms with van der Waals surface area (Å²) in [4.78, 5) is 1.46. The fourth-order valence-electron chi connectivity index (χ4n) is 0.845. The lowest BCUT2D eigenvalue weighted by atomic mass is 10.3. The molecule has 0 saturated carbocycles. The summed E-state index contributed by atoms with van der Waals surface area (Å²) < 4.78 is 2.16. The third kappa shape index (κ3) is 1.52. The quantitative estimate of drug-likeness (QED) is 0.510. The Hall–Kier alpha value is -0.0200. The van der Waals surface area contributed by atoms with Crippen molar-refractivity contribution in [2.24, 2.45) is 7.05 Å². The number of nitrogens with zero attached hydrogens (tertiary/aromatic N) is 1. The van der Waals surface area contributed by atoms with Crippen LogP contribution in [0.15, 0.2) is 5.51 Å². The summed E-state index contributed by atoms with van der Waals surface area (Å²) in [6, 6.07) is 0. The smallest absolute Gasteiger partial charge is 0.195 e. The fourth-order valence-corrected chi connectivity index (χ4v) is 2.20. The molecule has 0 atom stereocenters. The van der Waals surface area contributed by atoms with Gasteiger partial charge in [0.1, 0.15) is 7.05 Å². The molecule has 0 spiro atoms. The minimum absolute atomic E-state index is 0.946. The molecule has 1 nitrogen and oxygen atoms in total. The molecule has 0 N–H and O–H groups in total. The SMILES string of the molecule is Cc1c(CCS)sc[n+]1C. The van der Waals surface area contributed by atoms with E-state index in [4.69, 9.17) is 0 Å². The van der Waals surface area contributed by atoms with Crippen molar-refractivity contribution in [3.8, 4) is 0 Å². The molecule has 0 fully saturated rings. The molecule has 0 aromatic carbocycles. The van der Waals surface area contributed by atoms with Gasteiger partial charge in [0.15, 0.2) is 5.69 Å². The third-order valence-electron chi connectivity index (χ3n) is 1.62. The molecule has 0 amide bonds. The second-order valence-corrected chi connectivity index (χ2v) is 3.70. The zero-order valence-corrected chi connectivity index (χ0v) is 8.01. The maximum Gasteiger partial charge on any atom is 0.224 e. The number of thiol groups is 1. The van der Waals surface area contributed by atoms with E-state index in [1.807, 2.05) is 11.3 Å². The summed E-state index contributed by atoms with van der Waals surface area (Å²) in [7, 11) is 2.08. The number of thiazole rings is 1. The van der Waals surface area contributed by atoms with Gasteiger partial charge in [-0.15, -0.1) is 0 Å². The molecule has 56 valence electrons. The van der Waals surface area contributed by atoms with Crippen LogP contribution in [0.1, 0.15) is 10.6 Å². The van der Waals surface area contributed by atoms with E-state index in [0.29, 0.717) is 0 Å². The van der Waals surface area contributed by atoms with Crippen molar-refractivity contribution in [1.82, 2.24) is 0 Å². The van der Waals surface area contributed by atoms with Crippen molar-refractivity contribution in [2.75, 3.05) is 5.75 Å². The first-order chi connectivity index (χ1) is 4.75. The highest BCUT2D eigenvalue weighted by molar-refractivity contribution is 7.80. The van der Waals surface area contributed by atoms with Crippen LogP contribution in [0.5, 0.6) is 0 Å². The van der Waals surface area contributed by atoms with Gasteiger partial charge in [0.05, 0.1) is 4.88 Å². The van der Waals surface area contributed by atoms with Gasteiger partial charge >= 0.3 is 0 Å². The highest BCUT2D eigenvalue weighted by Gasteiger charge is 2.09. The molecule has 1 aromatic rings. The topological polar surface area (TPSA) is 3.88 Å². The minimum atomic E-state index is 0.946. The Kier molecular flexibility index (Phi) is 2.74.